The molecule has 0 bridgehead atoms. The lowest BCUT2D eigenvalue weighted by Gasteiger charge is -2.15. The molecule has 1 N–H and O–H groups in total. The van der Waals surface area contributed by atoms with E-state index in [4.69, 9.17) is 4.74 Å². The summed E-state index contributed by atoms with van der Waals surface area (Å²) in [6.45, 7) is 1.89. The maximum absolute atomic E-state index is 11.2. The topological polar surface area (TPSA) is 38.3 Å². The van der Waals surface area contributed by atoms with Gasteiger partial charge in [0.25, 0.3) is 0 Å². The van der Waals surface area contributed by atoms with Gasteiger partial charge in [0.2, 0.25) is 0 Å². The smallest absolute Gasteiger partial charge is 0.146 e. The number of ether oxygens (including phenoxy) is 1. The van der Waals surface area contributed by atoms with Crippen LogP contribution >= 0.6 is 0 Å². The van der Waals surface area contributed by atoms with Crippen LogP contribution in [-0.4, -0.2) is 25.0 Å². The van der Waals surface area contributed by atoms with Gasteiger partial charge in [-0.3, -0.25) is 4.79 Å². The summed E-state index contributed by atoms with van der Waals surface area (Å²) < 4.78 is 5.78. The molecule has 0 aromatic heterocycles. The third-order valence-electron chi connectivity index (χ3n) is 2.77. The molecule has 1 aromatic rings. The molecule has 1 atom stereocenters. The maximum atomic E-state index is 11.2. The SMILES string of the molecule is O=C1CCC(OCc2ccccc2)CNC1. The van der Waals surface area contributed by atoms with E-state index in [-0.39, 0.29) is 11.9 Å². The Morgan fingerprint density at radius 2 is 2.12 bits per heavy atom. The lowest BCUT2D eigenvalue weighted by molar-refractivity contribution is -0.118. The highest BCUT2D eigenvalue weighted by molar-refractivity contribution is 5.80. The lowest BCUT2D eigenvalue weighted by atomic mass is 10.1. The number of ketones is 1. The molecule has 2 rings (SSSR count). The fourth-order valence-corrected chi connectivity index (χ4v) is 1.82. The number of carbonyl (C=O) groups is 1. The van der Waals surface area contributed by atoms with Gasteiger partial charge in [-0.1, -0.05) is 30.3 Å². The van der Waals surface area contributed by atoms with Gasteiger partial charge in [0.05, 0.1) is 19.3 Å². The maximum Gasteiger partial charge on any atom is 0.146 e. The van der Waals surface area contributed by atoms with E-state index >= 15 is 0 Å². The molecule has 0 amide bonds. The third-order valence-corrected chi connectivity index (χ3v) is 2.77. The first-order chi connectivity index (χ1) is 7.84. The monoisotopic (exact) mass is 219 g/mol. The van der Waals surface area contributed by atoms with Crippen LogP contribution in [0.2, 0.25) is 0 Å². The van der Waals surface area contributed by atoms with Crippen LogP contribution in [-0.2, 0) is 16.1 Å². The van der Waals surface area contributed by atoms with Gasteiger partial charge in [0.1, 0.15) is 5.78 Å². The number of carbonyl (C=O) groups excluding carboxylic acids is 1. The van der Waals surface area contributed by atoms with E-state index in [0.717, 1.165) is 13.0 Å². The number of nitrogens with one attached hydrogen (secondary N) is 1. The Labute approximate surface area is 95.8 Å². The molecule has 1 unspecified atom stereocenters. The highest BCUT2D eigenvalue weighted by Gasteiger charge is 2.16. The largest absolute Gasteiger partial charge is 0.372 e. The number of hydrogen-bond acceptors (Lipinski definition) is 3. The van der Waals surface area contributed by atoms with Crippen LogP contribution in [0.15, 0.2) is 30.3 Å². The van der Waals surface area contributed by atoms with Crippen molar-refractivity contribution in [3.63, 3.8) is 0 Å². The molecule has 0 saturated carbocycles. The first kappa shape index (κ1) is 11.3. The van der Waals surface area contributed by atoms with E-state index in [0.29, 0.717) is 19.6 Å². The van der Waals surface area contributed by atoms with Crippen molar-refractivity contribution in [2.45, 2.75) is 25.6 Å². The van der Waals surface area contributed by atoms with Crippen LogP contribution in [0.3, 0.4) is 0 Å². The van der Waals surface area contributed by atoms with Crippen molar-refractivity contribution in [1.82, 2.24) is 5.32 Å². The zero-order valence-corrected chi connectivity index (χ0v) is 9.32. The fourth-order valence-electron chi connectivity index (χ4n) is 1.82. The van der Waals surface area contributed by atoms with Crippen LogP contribution in [0, 0.1) is 0 Å². The van der Waals surface area contributed by atoms with E-state index in [2.05, 4.69) is 17.4 Å². The van der Waals surface area contributed by atoms with Gasteiger partial charge in [-0.05, 0) is 12.0 Å². The summed E-state index contributed by atoms with van der Waals surface area (Å²) in [5.41, 5.74) is 1.18. The molecule has 86 valence electrons. The predicted octanol–water partition coefficient (Wildman–Crippen LogP) is 1.52. The molecule has 1 aliphatic rings. The molecule has 1 fully saturated rings. The minimum Gasteiger partial charge on any atom is -0.372 e. The molecule has 1 saturated heterocycles. The molecule has 0 spiro atoms. The first-order valence-corrected chi connectivity index (χ1v) is 5.72. The molecule has 1 aromatic carbocycles. The molecule has 1 heterocycles. The number of Topliss-reactive ketones (excluding diaryl/α,β-unsaturated/α-hetero) is 1. The normalized spacial score (nSPS) is 21.8. The quantitative estimate of drug-likeness (QED) is 0.837. The van der Waals surface area contributed by atoms with Crippen LogP contribution in [0.4, 0.5) is 0 Å². The van der Waals surface area contributed by atoms with E-state index in [1.54, 1.807) is 0 Å². The summed E-state index contributed by atoms with van der Waals surface area (Å²) in [5, 5.41) is 3.11. The number of hydrogen-bond donors (Lipinski definition) is 1. The zero-order valence-electron chi connectivity index (χ0n) is 9.32. The molecule has 1 aliphatic heterocycles. The Hall–Kier alpha value is -1.19. The zero-order chi connectivity index (χ0) is 11.2. The first-order valence-electron chi connectivity index (χ1n) is 5.72. The van der Waals surface area contributed by atoms with Crippen LogP contribution in [0.25, 0.3) is 0 Å². The van der Waals surface area contributed by atoms with Crippen molar-refractivity contribution in [2.24, 2.45) is 0 Å². The van der Waals surface area contributed by atoms with Crippen molar-refractivity contribution in [3.8, 4) is 0 Å². The lowest BCUT2D eigenvalue weighted by Crippen LogP contribution is -2.28. The average molecular weight is 219 g/mol. The van der Waals surface area contributed by atoms with Crippen molar-refractivity contribution in [2.75, 3.05) is 13.1 Å². The molecule has 3 heteroatoms. The molecule has 0 aliphatic carbocycles. The summed E-state index contributed by atoms with van der Waals surface area (Å²) in [7, 11) is 0. The molecular formula is C13H17NO2. The number of benzene rings is 1. The Balaban J connectivity index is 1.79. The summed E-state index contributed by atoms with van der Waals surface area (Å²) in [6, 6.07) is 10.1. The highest BCUT2D eigenvalue weighted by atomic mass is 16.5. The second-order valence-corrected chi connectivity index (χ2v) is 4.13. The minimum atomic E-state index is 0.159. The average Bonchev–Trinajstić information content (AvgIpc) is 2.53. The third kappa shape index (κ3) is 3.43. The van der Waals surface area contributed by atoms with Crippen molar-refractivity contribution in [1.29, 1.82) is 0 Å². The Kier molecular flexibility index (Phi) is 4.08. The molecular weight excluding hydrogens is 202 g/mol. The van der Waals surface area contributed by atoms with Crippen molar-refractivity contribution < 1.29 is 9.53 Å². The molecule has 3 nitrogen and oxygen atoms in total. The van der Waals surface area contributed by atoms with E-state index < -0.39 is 0 Å². The van der Waals surface area contributed by atoms with Gasteiger partial charge in [-0.15, -0.1) is 0 Å². The summed E-state index contributed by atoms with van der Waals surface area (Å²) in [5.74, 6) is 0.283. The van der Waals surface area contributed by atoms with E-state index in [1.807, 2.05) is 18.2 Å². The van der Waals surface area contributed by atoms with Gasteiger partial charge < -0.3 is 10.1 Å². The predicted molar refractivity (Wildman–Crippen MR) is 62.1 cm³/mol. The van der Waals surface area contributed by atoms with Gasteiger partial charge in [0.15, 0.2) is 0 Å². The Morgan fingerprint density at radius 1 is 1.31 bits per heavy atom. The van der Waals surface area contributed by atoms with Crippen LogP contribution in [0.1, 0.15) is 18.4 Å². The summed E-state index contributed by atoms with van der Waals surface area (Å²) >= 11 is 0. The minimum absolute atomic E-state index is 0.159. The fraction of sp³-hybridized carbons (Fsp3) is 0.462. The van der Waals surface area contributed by atoms with Crippen molar-refractivity contribution in [3.05, 3.63) is 35.9 Å². The van der Waals surface area contributed by atoms with Gasteiger partial charge in [-0.25, -0.2) is 0 Å². The second-order valence-electron chi connectivity index (χ2n) is 4.13. The summed E-state index contributed by atoms with van der Waals surface area (Å²) in [6.07, 6.45) is 1.62. The van der Waals surface area contributed by atoms with Gasteiger partial charge in [-0.2, -0.15) is 0 Å². The van der Waals surface area contributed by atoms with Gasteiger partial charge in [0, 0.05) is 13.0 Å². The van der Waals surface area contributed by atoms with Crippen molar-refractivity contribution >= 4 is 5.78 Å². The highest BCUT2D eigenvalue weighted by Crippen LogP contribution is 2.09. The molecule has 0 radical (unpaired) electrons. The van der Waals surface area contributed by atoms with E-state index in [9.17, 15) is 4.79 Å². The summed E-state index contributed by atoms with van der Waals surface area (Å²) in [4.78, 5) is 11.2. The molecule has 16 heavy (non-hydrogen) atoms. The standard InChI is InChI=1S/C13H17NO2/c15-12-6-7-13(9-14-8-12)16-10-11-4-2-1-3-5-11/h1-5,13-14H,6-10H2. The number of rotatable bonds is 3. The van der Waals surface area contributed by atoms with Gasteiger partial charge >= 0.3 is 0 Å². The Morgan fingerprint density at radius 3 is 2.94 bits per heavy atom. The Bertz CT molecular complexity index is 337. The van der Waals surface area contributed by atoms with Crippen LogP contribution in [0.5, 0.6) is 0 Å². The second kappa shape index (κ2) is 5.77. The van der Waals surface area contributed by atoms with E-state index in [1.165, 1.54) is 5.56 Å². The van der Waals surface area contributed by atoms with Crippen LogP contribution < -0.4 is 5.32 Å².